The van der Waals surface area contributed by atoms with Crippen LogP contribution in [0.5, 0.6) is 0 Å². The first kappa shape index (κ1) is 64.0. The van der Waals surface area contributed by atoms with Crippen molar-refractivity contribution in [2.45, 2.75) is 118 Å². The highest BCUT2D eigenvalue weighted by molar-refractivity contribution is 5.89. The van der Waals surface area contributed by atoms with Crippen molar-refractivity contribution in [2.24, 2.45) is 5.41 Å². The normalized spacial score (nSPS) is 13.9. The molecule has 478 valence electrons. The van der Waals surface area contributed by atoms with Crippen LogP contribution < -0.4 is 17.1 Å². The molecule has 0 saturated heterocycles. The number of hydrogen-bond donors (Lipinski definition) is 9. The Kier molecular flexibility index (Phi) is 16.9. The Morgan fingerprint density at radius 3 is 1.18 bits per heavy atom. The van der Waals surface area contributed by atoms with E-state index in [1.807, 2.05) is 89.2 Å². The first-order valence-corrected chi connectivity index (χ1v) is 29.9. The maximum atomic E-state index is 13.8. The molecule has 3 atom stereocenters. The second-order valence-corrected chi connectivity index (χ2v) is 24.7. The quantitative estimate of drug-likeness (QED) is 0.0488. The van der Waals surface area contributed by atoms with Gasteiger partial charge in [0.15, 0.2) is 5.60 Å². The number of benzene rings is 3. The fourth-order valence-corrected chi connectivity index (χ4v) is 12.3. The minimum atomic E-state index is -2.99. The van der Waals surface area contributed by atoms with Crippen LogP contribution in [0.1, 0.15) is 126 Å². The second kappa shape index (κ2) is 24.6. The van der Waals surface area contributed by atoms with Crippen LogP contribution in [0.2, 0.25) is 0 Å². The summed E-state index contributed by atoms with van der Waals surface area (Å²) in [7, 11) is 0. The molecule has 0 radical (unpaired) electrons. The number of aliphatic hydroxyl groups is 3. The predicted molar refractivity (Wildman–Crippen MR) is 345 cm³/mol. The number of aromatic amines is 6. The van der Waals surface area contributed by atoms with Crippen molar-refractivity contribution in [2.75, 3.05) is 0 Å². The van der Waals surface area contributed by atoms with E-state index in [9.17, 15) is 38.5 Å². The van der Waals surface area contributed by atoms with E-state index in [2.05, 4.69) is 86.1 Å². The average molecular weight is 1260 g/mol. The average Bonchev–Trinajstić information content (AvgIpc) is 1.75. The van der Waals surface area contributed by atoms with E-state index in [4.69, 9.17) is 13.6 Å². The minimum Gasteiger partial charge on any atom is -0.379 e. The van der Waals surface area contributed by atoms with Crippen LogP contribution in [0.15, 0.2) is 156 Å². The van der Waals surface area contributed by atoms with Gasteiger partial charge < -0.3 is 58.8 Å². The molecule has 3 unspecified atom stereocenters. The summed E-state index contributed by atoms with van der Waals surface area (Å²) in [6.45, 7) is 19.8. The number of hydrogen-bond acceptors (Lipinski definition) is 16. The van der Waals surface area contributed by atoms with Gasteiger partial charge in [0.05, 0.1) is 73.0 Å². The van der Waals surface area contributed by atoms with Gasteiger partial charge in [0.2, 0.25) is 5.92 Å². The number of pyridine rings is 4. The minimum absolute atomic E-state index is 0.207. The molecule has 0 saturated carbocycles. The van der Waals surface area contributed by atoms with Crippen molar-refractivity contribution in [3.05, 3.63) is 239 Å². The molecule has 10 heterocycles. The van der Waals surface area contributed by atoms with Crippen LogP contribution in [0, 0.1) is 53.9 Å². The summed E-state index contributed by atoms with van der Waals surface area (Å²) < 4.78 is 43.6. The Morgan fingerprint density at radius 2 is 0.817 bits per heavy atom. The van der Waals surface area contributed by atoms with Gasteiger partial charge in [-0.1, -0.05) is 60.5 Å². The SMILES string of the molecule is Cc1cccc(C(O)(c2ccccn2)c2cc(-c3c(C)noc3C)cc3[nH]c(=O)[nH]c23)n1.Cc1noc(C)c1-c1cc(C(O)(CC(C)(C)C)c2ccccn2)c2[nH]c(=O)[nH]c2c1.Cc1noc(C)c1-c1cc(C(O)(CCC(C)(F)F)c2ccccn2)c2[nH]c(=O)[nH]c2c1. The van der Waals surface area contributed by atoms with Crippen LogP contribution in [0.4, 0.5) is 8.78 Å². The van der Waals surface area contributed by atoms with Crippen LogP contribution in [-0.2, 0) is 16.8 Å². The number of fused-ring (bicyclic) bond motifs is 3. The maximum Gasteiger partial charge on any atom is 0.323 e. The number of halogens is 2. The number of rotatable bonds is 14. The first-order chi connectivity index (χ1) is 44.0. The third-order valence-electron chi connectivity index (χ3n) is 16.3. The monoisotopic (exact) mass is 1260 g/mol. The smallest absolute Gasteiger partial charge is 0.323 e. The van der Waals surface area contributed by atoms with Gasteiger partial charge in [-0.05, 0) is 175 Å². The summed E-state index contributed by atoms with van der Waals surface area (Å²) in [5.74, 6) is -1.12. The molecule has 0 amide bonds. The van der Waals surface area contributed by atoms with E-state index >= 15 is 0 Å². The van der Waals surface area contributed by atoms with Crippen LogP contribution in [-0.4, -0.2) is 86.6 Å². The second-order valence-electron chi connectivity index (χ2n) is 24.7. The molecule has 9 N–H and O–H groups in total. The van der Waals surface area contributed by atoms with Crippen molar-refractivity contribution in [3.8, 4) is 33.4 Å². The molecule has 0 spiro atoms. The summed E-state index contributed by atoms with van der Waals surface area (Å²) in [4.78, 5) is 71.0. The van der Waals surface area contributed by atoms with Crippen molar-refractivity contribution in [1.82, 2.24) is 65.3 Å². The van der Waals surface area contributed by atoms with Crippen molar-refractivity contribution in [3.63, 3.8) is 0 Å². The number of aryl methyl sites for hydroxylation is 7. The zero-order valence-electron chi connectivity index (χ0n) is 52.9. The van der Waals surface area contributed by atoms with Gasteiger partial charge in [-0.3, -0.25) is 19.9 Å². The van der Waals surface area contributed by atoms with Gasteiger partial charge in [-0.2, -0.15) is 0 Å². The lowest BCUT2D eigenvalue weighted by atomic mass is 9.75. The lowest BCUT2D eigenvalue weighted by Crippen LogP contribution is -2.34. The Labute approximate surface area is 529 Å². The molecule has 3 aromatic carbocycles. The molecule has 10 aromatic heterocycles. The van der Waals surface area contributed by atoms with Crippen molar-refractivity contribution >= 4 is 33.1 Å². The van der Waals surface area contributed by atoms with E-state index in [1.165, 1.54) is 6.20 Å². The third kappa shape index (κ3) is 12.7. The Morgan fingerprint density at radius 1 is 0.441 bits per heavy atom. The van der Waals surface area contributed by atoms with E-state index in [-0.39, 0.29) is 34.5 Å². The lowest BCUT2D eigenvalue weighted by molar-refractivity contribution is -0.0211. The molecule has 0 aliphatic carbocycles. The van der Waals surface area contributed by atoms with E-state index in [0.29, 0.717) is 108 Å². The number of nitrogens with zero attached hydrogens (tertiary/aromatic N) is 7. The summed E-state index contributed by atoms with van der Waals surface area (Å²) in [6, 6.07) is 32.0. The molecular formula is C69H69F2N13O9. The summed E-state index contributed by atoms with van der Waals surface area (Å²) >= 11 is 0. The van der Waals surface area contributed by atoms with Crippen LogP contribution in [0.25, 0.3) is 66.5 Å². The van der Waals surface area contributed by atoms with Crippen LogP contribution in [0.3, 0.4) is 0 Å². The number of nitrogens with one attached hydrogen (secondary N) is 6. The Hall–Kier alpha value is -10.6. The first-order valence-electron chi connectivity index (χ1n) is 29.9. The highest BCUT2D eigenvalue weighted by atomic mass is 19.3. The largest absolute Gasteiger partial charge is 0.379 e. The third-order valence-corrected chi connectivity index (χ3v) is 16.3. The molecule has 13 aromatic rings. The van der Waals surface area contributed by atoms with Crippen molar-refractivity contribution in [1.29, 1.82) is 0 Å². The molecule has 0 bridgehead atoms. The number of imidazole rings is 3. The molecule has 0 fully saturated rings. The maximum absolute atomic E-state index is 13.8. The molecule has 24 heteroatoms. The van der Waals surface area contributed by atoms with E-state index in [0.717, 1.165) is 40.6 Å². The molecular weight excluding hydrogens is 1190 g/mol. The number of H-pyrrole nitrogens is 6. The fourth-order valence-electron chi connectivity index (χ4n) is 12.3. The molecule has 22 nitrogen and oxygen atoms in total. The fraction of sp³-hybridized carbons (Fsp3) is 0.275. The van der Waals surface area contributed by atoms with Gasteiger partial charge in [-0.15, -0.1) is 0 Å². The predicted octanol–water partition coefficient (Wildman–Crippen LogP) is 11.9. The van der Waals surface area contributed by atoms with Gasteiger partial charge >= 0.3 is 17.1 Å². The summed E-state index contributed by atoms with van der Waals surface area (Å²) in [6.07, 6.45) is 4.29. The van der Waals surface area contributed by atoms with E-state index < -0.39 is 34.8 Å². The van der Waals surface area contributed by atoms with Gasteiger partial charge in [0, 0.05) is 64.1 Å². The number of alkyl halides is 2. The summed E-state index contributed by atoms with van der Waals surface area (Å²) in [5.41, 5.74) is 6.71. The van der Waals surface area contributed by atoms with Crippen LogP contribution >= 0.6 is 0 Å². The number of aromatic nitrogens is 13. The topological polar surface area (TPSA) is 336 Å². The van der Waals surface area contributed by atoms with Crippen molar-refractivity contribution < 1.29 is 37.7 Å². The van der Waals surface area contributed by atoms with Gasteiger partial charge in [0.1, 0.15) is 28.5 Å². The Bertz CT molecular complexity index is 4990. The molecule has 0 aliphatic rings. The molecule has 93 heavy (non-hydrogen) atoms. The standard InChI is InChI=1S/C24H21N5O3.C23H26N4O3.C22H22F2N4O3/c1-13-7-6-9-20(26-13)24(31,19-8-4-5-10-25-19)17-11-16(21-14(2)29-32-15(21)3)12-18-22(17)28-23(30)27-18;1-13-19(14(2)30-27-13)15-10-16(20-17(11-15)25-21(28)26-20)23(29,12-22(3,4)5)18-8-6-7-9-24-18;1-12-18(13(2)31-28-12)14-10-15(19-16(11-14)26-20(29)27-19)22(30,8-7-21(3,23)24)17-6-4-5-9-25-17/h4-12,31H,1-3H3,(H2,27,28,30);6-11,29H,12H2,1-5H3,(H2,25,26,28);4-6,9-11,30H,7-8H2,1-3H3,(H2,26,27,29). The zero-order valence-corrected chi connectivity index (χ0v) is 52.9. The highest BCUT2D eigenvalue weighted by Gasteiger charge is 2.43. The summed E-state index contributed by atoms with van der Waals surface area (Å²) in [5, 5.41) is 48.3. The lowest BCUT2D eigenvalue weighted by Gasteiger charge is -2.35. The van der Waals surface area contributed by atoms with Gasteiger partial charge in [-0.25, -0.2) is 23.2 Å². The molecule has 0 aliphatic heterocycles. The van der Waals surface area contributed by atoms with Gasteiger partial charge in [0.25, 0.3) is 0 Å². The highest BCUT2D eigenvalue weighted by Crippen LogP contribution is 2.46. The Balaban J connectivity index is 0.000000143. The molecule has 13 rings (SSSR count). The zero-order chi connectivity index (χ0) is 66.5. The van der Waals surface area contributed by atoms with E-state index in [1.54, 1.807) is 80.8 Å².